The van der Waals surface area contributed by atoms with Gasteiger partial charge in [-0.2, -0.15) is 0 Å². The molecule has 0 saturated heterocycles. The Labute approximate surface area is 115 Å². The number of benzene rings is 2. The van der Waals surface area contributed by atoms with Crippen LogP contribution in [-0.4, -0.2) is 16.0 Å². The second-order valence-corrected chi connectivity index (χ2v) is 4.35. The zero-order valence-electron chi connectivity index (χ0n) is 9.88. The Hall–Kier alpha value is -2.26. The van der Waals surface area contributed by atoms with E-state index in [1.54, 1.807) is 18.2 Å². The second-order valence-electron chi connectivity index (χ2n) is 3.92. The van der Waals surface area contributed by atoms with Crippen LogP contribution in [0.4, 0.5) is 0 Å². The second kappa shape index (κ2) is 5.59. The van der Waals surface area contributed by atoms with Gasteiger partial charge in [-0.1, -0.05) is 29.8 Å². The predicted molar refractivity (Wildman–Crippen MR) is 74.6 cm³/mol. The average Bonchev–Trinajstić information content (AvgIpc) is 2.40. The molecule has 0 unspecified atom stereocenters. The highest BCUT2D eigenvalue weighted by Gasteiger charge is 2.08. The van der Waals surface area contributed by atoms with Crippen molar-refractivity contribution in [2.75, 3.05) is 0 Å². The number of allylic oxidation sites excluding steroid dienone is 1. The number of hydrogen-bond acceptors (Lipinski definition) is 3. The van der Waals surface area contributed by atoms with E-state index in [9.17, 15) is 15.0 Å². The van der Waals surface area contributed by atoms with Crippen LogP contribution in [0.1, 0.15) is 15.9 Å². The van der Waals surface area contributed by atoms with Gasteiger partial charge in [0.05, 0.1) is 5.56 Å². The molecule has 0 aromatic heterocycles. The molecule has 96 valence electrons. The van der Waals surface area contributed by atoms with E-state index in [0.717, 1.165) is 0 Å². The Morgan fingerprint density at radius 1 is 1.05 bits per heavy atom. The fourth-order valence-corrected chi connectivity index (χ4v) is 1.76. The van der Waals surface area contributed by atoms with Gasteiger partial charge in [-0.3, -0.25) is 4.79 Å². The first kappa shape index (κ1) is 13.2. The van der Waals surface area contributed by atoms with Gasteiger partial charge in [-0.05, 0) is 36.4 Å². The number of rotatable bonds is 3. The first-order chi connectivity index (χ1) is 9.08. The third-order valence-corrected chi connectivity index (χ3v) is 2.81. The molecule has 0 saturated carbocycles. The van der Waals surface area contributed by atoms with Gasteiger partial charge in [0.1, 0.15) is 11.5 Å². The maximum atomic E-state index is 11.9. The van der Waals surface area contributed by atoms with Crippen LogP contribution in [0.25, 0.3) is 6.08 Å². The minimum absolute atomic E-state index is 0.0851. The van der Waals surface area contributed by atoms with Crippen LogP contribution in [0.3, 0.4) is 0 Å². The number of carbonyl (C=O) groups is 1. The molecule has 19 heavy (non-hydrogen) atoms. The van der Waals surface area contributed by atoms with Crippen LogP contribution >= 0.6 is 11.6 Å². The molecular weight excluding hydrogens is 264 g/mol. The van der Waals surface area contributed by atoms with E-state index >= 15 is 0 Å². The zero-order valence-corrected chi connectivity index (χ0v) is 10.6. The summed E-state index contributed by atoms with van der Waals surface area (Å²) in [5, 5.41) is 19.5. The Morgan fingerprint density at radius 3 is 2.53 bits per heavy atom. The molecular formula is C15H11ClO3. The van der Waals surface area contributed by atoms with E-state index < -0.39 is 0 Å². The normalized spacial score (nSPS) is 10.8. The predicted octanol–water partition coefficient (Wildman–Crippen LogP) is 3.65. The van der Waals surface area contributed by atoms with Crippen LogP contribution in [0.2, 0.25) is 5.02 Å². The van der Waals surface area contributed by atoms with Crippen molar-refractivity contribution in [3.63, 3.8) is 0 Å². The fourth-order valence-electron chi connectivity index (χ4n) is 1.59. The number of hydrogen-bond donors (Lipinski definition) is 2. The maximum Gasteiger partial charge on any atom is 0.189 e. The van der Waals surface area contributed by atoms with Crippen molar-refractivity contribution in [1.82, 2.24) is 0 Å². The molecule has 0 fully saturated rings. The van der Waals surface area contributed by atoms with Gasteiger partial charge in [-0.25, -0.2) is 0 Å². The zero-order chi connectivity index (χ0) is 13.8. The SMILES string of the molecule is O=C(C=Cc1ccccc1O)c1cc(Cl)ccc1O. The molecule has 0 aliphatic rings. The summed E-state index contributed by atoms with van der Waals surface area (Å²) in [6, 6.07) is 10.9. The van der Waals surface area contributed by atoms with Gasteiger partial charge in [0.2, 0.25) is 0 Å². The van der Waals surface area contributed by atoms with Crippen molar-refractivity contribution in [2.45, 2.75) is 0 Å². The van der Waals surface area contributed by atoms with Crippen LogP contribution < -0.4 is 0 Å². The maximum absolute atomic E-state index is 11.9. The molecule has 2 aromatic carbocycles. The van der Waals surface area contributed by atoms with Crippen molar-refractivity contribution in [2.24, 2.45) is 0 Å². The summed E-state index contributed by atoms with van der Waals surface area (Å²) < 4.78 is 0. The van der Waals surface area contributed by atoms with Gasteiger partial charge < -0.3 is 10.2 Å². The monoisotopic (exact) mass is 274 g/mol. The molecule has 3 nitrogen and oxygen atoms in total. The number of aromatic hydroxyl groups is 2. The number of phenolic OH excluding ortho intramolecular Hbond substituents is 2. The van der Waals surface area contributed by atoms with Gasteiger partial charge in [0.15, 0.2) is 5.78 Å². The summed E-state index contributed by atoms with van der Waals surface area (Å²) in [5.74, 6) is -0.429. The summed E-state index contributed by atoms with van der Waals surface area (Å²) >= 11 is 5.78. The molecule has 0 bridgehead atoms. The van der Waals surface area contributed by atoms with Crippen molar-refractivity contribution in [1.29, 1.82) is 0 Å². The summed E-state index contributed by atoms with van der Waals surface area (Å²) in [6.45, 7) is 0. The topological polar surface area (TPSA) is 57.5 Å². The molecule has 2 N–H and O–H groups in total. The molecule has 0 heterocycles. The quantitative estimate of drug-likeness (QED) is 0.663. The van der Waals surface area contributed by atoms with Crippen LogP contribution in [0.5, 0.6) is 11.5 Å². The van der Waals surface area contributed by atoms with E-state index in [4.69, 9.17) is 11.6 Å². The van der Waals surface area contributed by atoms with Gasteiger partial charge in [-0.15, -0.1) is 0 Å². The smallest absolute Gasteiger partial charge is 0.189 e. The molecule has 0 atom stereocenters. The highest BCUT2D eigenvalue weighted by Crippen LogP contribution is 2.23. The lowest BCUT2D eigenvalue weighted by Gasteiger charge is -2.01. The minimum atomic E-state index is -0.386. The van der Waals surface area contributed by atoms with Crippen molar-refractivity contribution in [3.05, 3.63) is 64.7 Å². The number of para-hydroxylation sites is 1. The molecule has 0 amide bonds. The third kappa shape index (κ3) is 3.14. The number of ketones is 1. The van der Waals surface area contributed by atoms with E-state index in [1.807, 2.05) is 0 Å². The standard InChI is InChI=1S/C15H11ClO3/c16-11-6-8-15(19)12(9-11)14(18)7-5-10-3-1-2-4-13(10)17/h1-9,17,19H. The van der Waals surface area contributed by atoms with Gasteiger partial charge >= 0.3 is 0 Å². The van der Waals surface area contributed by atoms with Gasteiger partial charge in [0, 0.05) is 10.6 Å². The van der Waals surface area contributed by atoms with Crippen molar-refractivity contribution < 1.29 is 15.0 Å². The Bertz CT molecular complexity index is 648. The fraction of sp³-hybridized carbons (Fsp3) is 0. The first-order valence-electron chi connectivity index (χ1n) is 5.57. The van der Waals surface area contributed by atoms with E-state index in [0.29, 0.717) is 10.6 Å². The highest BCUT2D eigenvalue weighted by atomic mass is 35.5. The summed E-state index contributed by atoms with van der Waals surface area (Å²) in [6.07, 6.45) is 2.76. The van der Waals surface area contributed by atoms with E-state index in [1.165, 1.54) is 36.4 Å². The summed E-state index contributed by atoms with van der Waals surface area (Å²) in [5.41, 5.74) is 0.650. The van der Waals surface area contributed by atoms with Crippen LogP contribution in [-0.2, 0) is 0 Å². The Balaban J connectivity index is 2.26. The van der Waals surface area contributed by atoms with Gasteiger partial charge in [0.25, 0.3) is 0 Å². The lowest BCUT2D eigenvalue weighted by molar-refractivity contribution is 0.104. The molecule has 2 rings (SSSR count). The minimum Gasteiger partial charge on any atom is -0.507 e. The van der Waals surface area contributed by atoms with Crippen molar-refractivity contribution >= 4 is 23.5 Å². The lowest BCUT2D eigenvalue weighted by Crippen LogP contribution is -1.94. The molecule has 0 spiro atoms. The number of halogens is 1. The van der Waals surface area contributed by atoms with Crippen molar-refractivity contribution in [3.8, 4) is 11.5 Å². The summed E-state index contributed by atoms with van der Waals surface area (Å²) in [7, 11) is 0. The molecule has 0 aliphatic heterocycles. The average molecular weight is 275 g/mol. The van der Waals surface area contributed by atoms with Crippen LogP contribution in [0, 0.1) is 0 Å². The number of phenols is 2. The highest BCUT2D eigenvalue weighted by molar-refractivity contribution is 6.31. The summed E-state index contributed by atoms with van der Waals surface area (Å²) in [4.78, 5) is 11.9. The lowest BCUT2D eigenvalue weighted by atomic mass is 10.1. The molecule has 4 heteroatoms. The largest absolute Gasteiger partial charge is 0.507 e. The molecule has 2 aromatic rings. The Kier molecular flexibility index (Phi) is 3.88. The third-order valence-electron chi connectivity index (χ3n) is 2.58. The van der Waals surface area contributed by atoms with E-state index in [2.05, 4.69) is 0 Å². The van der Waals surface area contributed by atoms with E-state index in [-0.39, 0.29) is 22.8 Å². The Morgan fingerprint density at radius 2 is 1.79 bits per heavy atom. The molecule has 0 radical (unpaired) electrons. The molecule has 0 aliphatic carbocycles. The first-order valence-corrected chi connectivity index (χ1v) is 5.94. The van der Waals surface area contributed by atoms with Crippen LogP contribution in [0.15, 0.2) is 48.5 Å². The number of carbonyl (C=O) groups excluding carboxylic acids is 1.